The van der Waals surface area contributed by atoms with E-state index >= 15 is 0 Å². The van der Waals surface area contributed by atoms with E-state index in [2.05, 4.69) is 19.9 Å². The Morgan fingerprint density at radius 1 is 1.41 bits per heavy atom. The zero-order valence-electron chi connectivity index (χ0n) is 13.0. The van der Waals surface area contributed by atoms with Crippen LogP contribution < -0.4 is 0 Å². The minimum absolute atomic E-state index is 0.163. The maximum atomic E-state index is 11.5. The second-order valence-electron chi connectivity index (χ2n) is 5.99. The van der Waals surface area contributed by atoms with Crippen LogP contribution in [0.1, 0.15) is 31.2 Å². The molecule has 0 spiro atoms. The summed E-state index contributed by atoms with van der Waals surface area (Å²) in [7, 11) is 0. The molecule has 116 valence electrons. The SMILES string of the molecule is CC(=O)N1CCC[C@@H](Cc2cncc(-c3ncc(C)[nH]3)n2)C1. The average Bonchev–Trinajstić information content (AvgIpc) is 2.94. The zero-order valence-corrected chi connectivity index (χ0v) is 13.0. The molecule has 1 fully saturated rings. The maximum Gasteiger partial charge on any atom is 0.219 e. The highest BCUT2D eigenvalue weighted by Crippen LogP contribution is 2.21. The van der Waals surface area contributed by atoms with Crippen molar-refractivity contribution in [1.82, 2.24) is 24.8 Å². The fraction of sp³-hybridized carbons (Fsp3) is 0.500. The first kappa shape index (κ1) is 14.7. The van der Waals surface area contributed by atoms with Crippen LogP contribution in [0, 0.1) is 12.8 Å². The van der Waals surface area contributed by atoms with E-state index in [4.69, 9.17) is 0 Å². The highest BCUT2D eigenvalue weighted by atomic mass is 16.2. The first-order valence-electron chi connectivity index (χ1n) is 7.70. The number of nitrogens with zero attached hydrogens (tertiary/aromatic N) is 4. The van der Waals surface area contributed by atoms with E-state index < -0.39 is 0 Å². The summed E-state index contributed by atoms with van der Waals surface area (Å²) in [6.07, 6.45) is 8.38. The topological polar surface area (TPSA) is 74.8 Å². The molecule has 6 heteroatoms. The van der Waals surface area contributed by atoms with E-state index in [1.54, 1.807) is 19.3 Å². The number of amides is 1. The van der Waals surface area contributed by atoms with Crippen LogP contribution in [0.25, 0.3) is 11.5 Å². The van der Waals surface area contributed by atoms with Crippen LogP contribution in [-0.2, 0) is 11.2 Å². The van der Waals surface area contributed by atoms with Crippen molar-refractivity contribution < 1.29 is 4.79 Å². The number of aromatic amines is 1. The summed E-state index contributed by atoms with van der Waals surface area (Å²) >= 11 is 0. The van der Waals surface area contributed by atoms with Crippen molar-refractivity contribution in [2.45, 2.75) is 33.1 Å². The minimum Gasteiger partial charge on any atom is -0.343 e. The smallest absolute Gasteiger partial charge is 0.219 e. The molecule has 1 aliphatic rings. The van der Waals surface area contributed by atoms with Gasteiger partial charge in [-0.3, -0.25) is 9.78 Å². The number of aromatic nitrogens is 4. The molecule has 2 aromatic rings. The van der Waals surface area contributed by atoms with Crippen molar-refractivity contribution in [2.24, 2.45) is 5.92 Å². The molecular formula is C16H21N5O. The Morgan fingerprint density at radius 2 is 2.27 bits per heavy atom. The molecule has 3 heterocycles. The molecule has 1 amide bonds. The van der Waals surface area contributed by atoms with E-state index in [1.807, 2.05) is 18.0 Å². The molecule has 0 aromatic carbocycles. The first-order valence-corrected chi connectivity index (χ1v) is 7.70. The predicted molar refractivity (Wildman–Crippen MR) is 83.0 cm³/mol. The lowest BCUT2D eigenvalue weighted by Crippen LogP contribution is -2.39. The van der Waals surface area contributed by atoms with Crippen LogP contribution in [0.3, 0.4) is 0 Å². The van der Waals surface area contributed by atoms with Crippen LogP contribution in [0.2, 0.25) is 0 Å². The van der Waals surface area contributed by atoms with Crippen LogP contribution in [0.4, 0.5) is 0 Å². The highest BCUT2D eigenvalue weighted by Gasteiger charge is 2.22. The summed E-state index contributed by atoms with van der Waals surface area (Å²) in [4.78, 5) is 29.9. The van der Waals surface area contributed by atoms with Crippen molar-refractivity contribution in [3.8, 4) is 11.5 Å². The molecule has 1 aliphatic heterocycles. The second kappa shape index (κ2) is 6.25. The number of likely N-dealkylation sites (tertiary alicyclic amines) is 1. The molecule has 0 saturated carbocycles. The predicted octanol–water partition coefficient (Wildman–Crippen LogP) is 1.98. The van der Waals surface area contributed by atoms with Crippen molar-refractivity contribution >= 4 is 5.91 Å². The Balaban J connectivity index is 1.71. The van der Waals surface area contributed by atoms with Crippen molar-refractivity contribution in [3.05, 3.63) is 30.0 Å². The molecule has 22 heavy (non-hydrogen) atoms. The highest BCUT2D eigenvalue weighted by molar-refractivity contribution is 5.73. The van der Waals surface area contributed by atoms with Gasteiger partial charge in [0.05, 0.1) is 11.9 Å². The Morgan fingerprint density at radius 3 is 3.00 bits per heavy atom. The van der Waals surface area contributed by atoms with Crippen molar-refractivity contribution in [3.63, 3.8) is 0 Å². The minimum atomic E-state index is 0.163. The summed E-state index contributed by atoms with van der Waals surface area (Å²) in [6, 6.07) is 0. The molecule has 1 N–H and O–H groups in total. The molecule has 0 bridgehead atoms. The molecule has 6 nitrogen and oxygen atoms in total. The quantitative estimate of drug-likeness (QED) is 0.940. The van der Waals surface area contributed by atoms with Gasteiger partial charge in [0.2, 0.25) is 5.91 Å². The molecule has 0 unspecified atom stereocenters. The van der Waals surface area contributed by atoms with Gasteiger partial charge in [0, 0.05) is 38.1 Å². The van der Waals surface area contributed by atoms with Gasteiger partial charge in [0.25, 0.3) is 0 Å². The Labute approximate surface area is 130 Å². The number of aryl methyl sites for hydroxylation is 1. The van der Waals surface area contributed by atoms with Gasteiger partial charge in [0.1, 0.15) is 5.69 Å². The van der Waals surface area contributed by atoms with Gasteiger partial charge in [-0.2, -0.15) is 0 Å². The van der Waals surface area contributed by atoms with Crippen LogP contribution in [0.5, 0.6) is 0 Å². The van der Waals surface area contributed by atoms with E-state index in [-0.39, 0.29) is 5.91 Å². The van der Waals surface area contributed by atoms with Crippen molar-refractivity contribution in [1.29, 1.82) is 0 Å². The number of H-pyrrole nitrogens is 1. The van der Waals surface area contributed by atoms with Crippen LogP contribution >= 0.6 is 0 Å². The van der Waals surface area contributed by atoms with Gasteiger partial charge in [-0.15, -0.1) is 0 Å². The third-order valence-corrected chi connectivity index (χ3v) is 4.09. The molecule has 0 radical (unpaired) electrons. The molecule has 1 saturated heterocycles. The third kappa shape index (κ3) is 3.32. The summed E-state index contributed by atoms with van der Waals surface area (Å²) in [5.74, 6) is 1.37. The lowest BCUT2D eigenvalue weighted by atomic mass is 9.93. The number of hydrogen-bond donors (Lipinski definition) is 1. The lowest BCUT2D eigenvalue weighted by molar-refractivity contribution is -0.130. The van der Waals surface area contributed by atoms with E-state index in [0.717, 1.165) is 55.3 Å². The molecule has 0 aliphatic carbocycles. The standard InChI is InChI=1S/C16H21N5O/c1-11-7-18-16(19-11)15-9-17-8-14(20-15)6-13-4-3-5-21(10-13)12(2)22/h7-9,13H,3-6,10H2,1-2H3,(H,18,19)/t13-/m0/s1. The van der Waals surface area contributed by atoms with E-state index in [1.165, 1.54) is 0 Å². The van der Waals surface area contributed by atoms with E-state index in [9.17, 15) is 4.79 Å². The maximum absolute atomic E-state index is 11.5. The molecule has 3 rings (SSSR count). The van der Waals surface area contributed by atoms with Gasteiger partial charge in [-0.25, -0.2) is 9.97 Å². The van der Waals surface area contributed by atoms with Gasteiger partial charge in [-0.1, -0.05) is 0 Å². The van der Waals surface area contributed by atoms with Gasteiger partial charge < -0.3 is 9.88 Å². The summed E-state index contributed by atoms with van der Waals surface area (Å²) in [6.45, 7) is 5.30. The fourth-order valence-electron chi connectivity index (χ4n) is 2.98. The number of imidazole rings is 1. The molecular weight excluding hydrogens is 278 g/mol. The number of carbonyl (C=O) groups excluding carboxylic acids is 1. The fourth-order valence-corrected chi connectivity index (χ4v) is 2.98. The Hall–Kier alpha value is -2.24. The number of piperidine rings is 1. The second-order valence-corrected chi connectivity index (χ2v) is 5.99. The normalized spacial score (nSPS) is 18.5. The van der Waals surface area contributed by atoms with E-state index in [0.29, 0.717) is 5.92 Å². The first-order chi connectivity index (χ1) is 10.6. The Bertz CT molecular complexity index is 666. The average molecular weight is 299 g/mol. The lowest BCUT2D eigenvalue weighted by Gasteiger charge is -2.31. The third-order valence-electron chi connectivity index (χ3n) is 4.09. The number of hydrogen-bond acceptors (Lipinski definition) is 4. The number of rotatable bonds is 3. The van der Waals surface area contributed by atoms with Gasteiger partial charge in [0.15, 0.2) is 5.82 Å². The monoisotopic (exact) mass is 299 g/mol. The number of carbonyl (C=O) groups is 1. The zero-order chi connectivity index (χ0) is 15.5. The summed E-state index contributed by atoms with van der Waals surface area (Å²) < 4.78 is 0. The largest absolute Gasteiger partial charge is 0.343 e. The summed E-state index contributed by atoms with van der Waals surface area (Å²) in [5.41, 5.74) is 2.73. The van der Waals surface area contributed by atoms with Gasteiger partial charge >= 0.3 is 0 Å². The molecule has 1 atom stereocenters. The van der Waals surface area contributed by atoms with Crippen molar-refractivity contribution in [2.75, 3.05) is 13.1 Å². The Kier molecular flexibility index (Phi) is 4.18. The van der Waals surface area contributed by atoms with Crippen LogP contribution in [0.15, 0.2) is 18.6 Å². The van der Waals surface area contributed by atoms with Gasteiger partial charge in [-0.05, 0) is 32.1 Å². The van der Waals surface area contributed by atoms with Crippen LogP contribution in [-0.4, -0.2) is 43.8 Å². The molecule has 2 aromatic heterocycles. The summed E-state index contributed by atoms with van der Waals surface area (Å²) in [5, 5.41) is 0. The number of nitrogens with one attached hydrogen (secondary N) is 1.